The van der Waals surface area contributed by atoms with Crippen LogP contribution in [0.1, 0.15) is 41.6 Å². The summed E-state index contributed by atoms with van der Waals surface area (Å²) in [5, 5.41) is 0. The van der Waals surface area contributed by atoms with Gasteiger partial charge >= 0.3 is 6.18 Å². The van der Waals surface area contributed by atoms with E-state index in [1.807, 2.05) is 6.92 Å². The third-order valence-corrected chi connectivity index (χ3v) is 4.76. The van der Waals surface area contributed by atoms with Crippen molar-refractivity contribution in [1.29, 1.82) is 0 Å². The van der Waals surface area contributed by atoms with Gasteiger partial charge in [-0.05, 0) is 43.9 Å². The summed E-state index contributed by atoms with van der Waals surface area (Å²) < 4.78 is 45.2. The summed E-state index contributed by atoms with van der Waals surface area (Å²) in [6, 6.07) is 5.19. The lowest BCUT2D eigenvalue weighted by Crippen LogP contribution is -2.47. The predicted octanol–water partition coefficient (Wildman–Crippen LogP) is 4.31. The van der Waals surface area contributed by atoms with Crippen LogP contribution in [0.5, 0.6) is 5.75 Å². The molecule has 1 saturated carbocycles. The summed E-state index contributed by atoms with van der Waals surface area (Å²) in [6.07, 6.45) is -3.55. The molecule has 1 fully saturated rings. The highest BCUT2D eigenvalue weighted by Gasteiger charge is 2.59. The summed E-state index contributed by atoms with van der Waals surface area (Å²) in [7, 11) is 0. The van der Waals surface area contributed by atoms with Crippen LogP contribution in [0.4, 0.5) is 13.2 Å². The quantitative estimate of drug-likeness (QED) is 0.813. The Labute approximate surface area is 121 Å². The Hall–Kier alpha value is -1.52. The van der Waals surface area contributed by atoms with Gasteiger partial charge in [-0.15, -0.1) is 0 Å². The number of benzene rings is 1. The average molecular weight is 298 g/mol. The Morgan fingerprint density at radius 2 is 2.05 bits per heavy atom. The molecule has 0 aromatic heterocycles. The van der Waals surface area contributed by atoms with Gasteiger partial charge in [-0.25, -0.2) is 0 Å². The van der Waals surface area contributed by atoms with E-state index in [1.54, 1.807) is 18.2 Å². The third-order valence-electron chi connectivity index (χ3n) is 4.76. The molecule has 3 rings (SSSR count). The smallest absolute Gasteiger partial charge is 0.394 e. The second-order valence-electron chi connectivity index (χ2n) is 6.21. The molecule has 0 amide bonds. The van der Waals surface area contributed by atoms with Crippen molar-refractivity contribution in [2.45, 2.75) is 38.8 Å². The molecule has 1 aliphatic heterocycles. The van der Waals surface area contributed by atoms with Gasteiger partial charge in [-0.3, -0.25) is 4.79 Å². The summed E-state index contributed by atoms with van der Waals surface area (Å²) in [5.74, 6) is -0.417. The van der Waals surface area contributed by atoms with E-state index in [0.29, 0.717) is 17.7 Å². The van der Waals surface area contributed by atoms with E-state index in [1.165, 1.54) is 0 Å². The fraction of sp³-hybridized carbons (Fsp3) is 0.562. The lowest BCUT2D eigenvalue weighted by Gasteiger charge is -2.45. The first-order chi connectivity index (χ1) is 9.82. The maximum absolute atomic E-state index is 13.2. The predicted molar refractivity (Wildman–Crippen MR) is 71.5 cm³/mol. The maximum atomic E-state index is 13.2. The van der Waals surface area contributed by atoms with Crippen LogP contribution in [0.3, 0.4) is 0 Å². The molecule has 1 atom stereocenters. The topological polar surface area (TPSA) is 26.3 Å². The molecular formula is C16H17F3O2. The number of alkyl halides is 3. The van der Waals surface area contributed by atoms with E-state index in [0.717, 1.165) is 5.56 Å². The zero-order chi connectivity index (χ0) is 15.3. The number of fused-ring (bicyclic) bond motifs is 1. The number of hydrogen-bond donors (Lipinski definition) is 0. The molecule has 5 heteroatoms. The van der Waals surface area contributed by atoms with Crippen LogP contribution in [-0.2, 0) is 0 Å². The van der Waals surface area contributed by atoms with Gasteiger partial charge < -0.3 is 4.74 Å². The normalized spacial score (nSPS) is 24.0. The highest BCUT2D eigenvalue weighted by atomic mass is 19.4. The Morgan fingerprint density at radius 3 is 2.62 bits per heavy atom. The first kappa shape index (κ1) is 14.4. The molecule has 1 aromatic carbocycles. The number of carbonyl (C=O) groups is 1. The number of ketones is 1. The van der Waals surface area contributed by atoms with E-state index in [4.69, 9.17) is 4.74 Å². The fourth-order valence-electron chi connectivity index (χ4n) is 3.27. The van der Waals surface area contributed by atoms with Crippen molar-refractivity contribution < 1.29 is 22.7 Å². The van der Waals surface area contributed by atoms with Crippen LogP contribution >= 0.6 is 0 Å². The van der Waals surface area contributed by atoms with Gasteiger partial charge in [0.05, 0.1) is 23.5 Å². The number of ether oxygens (including phenoxy) is 1. The maximum Gasteiger partial charge on any atom is 0.394 e. The Morgan fingerprint density at radius 1 is 1.33 bits per heavy atom. The number of halogens is 3. The number of hydrogen-bond acceptors (Lipinski definition) is 2. The zero-order valence-electron chi connectivity index (χ0n) is 11.8. The van der Waals surface area contributed by atoms with Gasteiger partial charge in [-0.2, -0.15) is 13.2 Å². The standard InChI is InChI=1S/C16H17F3O2/c1-10-3-4-12-13(7-10)21-9-11(14(12)20)8-15(5-2-6-15)16(17,18)19/h3-4,7,11H,2,5-6,8-9H2,1H3. The molecule has 0 saturated heterocycles. The van der Waals surface area contributed by atoms with E-state index in [-0.39, 0.29) is 31.7 Å². The van der Waals surface area contributed by atoms with Crippen LogP contribution in [0.2, 0.25) is 0 Å². The van der Waals surface area contributed by atoms with Gasteiger partial charge in [0.1, 0.15) is 5.75 Å². The van der Waals surface area contributed by atoms with Gasteiger partial charge in [0.25, 0.3) is 0 Å². The van der Waals surface area contributed by atoms with Crippen LogP contribution in [-0.4, -0.2) is 18.6 Å². The van der Waals surface area contributed by atoms with E-state index in [2.05, 4.69) is 0 Å². The molecule has 2 nitrogen and oxygen atoms in total. The van der Waals surface area contributed by atoms with Crippen molar-refractivity contribution >= 4 is 5.78 Å². The molecule has 1 heterocycles. The SMILES string of the molecule is Cc1ccc2c(c1)OCC(CC1(C(F)(F)F)CCC1)C2=O. The summed E-state index contributed by atoms with van der Waals surface area (Å²) in [5.41, 5.74) is -0.307. The molecule has 2 aliphatic rings. The van der Waals surface area contributed by atoms with Gasteiger partial charge in [0, 0.05) is 0 Å². The molecule has 0 bridgehead atoms. The number of Topliss-reactive ketones (excluding diaryl/α,β-unsaturated/α-hetero) is 1. The van der Waals surface area contributed by atoms with Crippen LogP contribution in [0.25, 0.3) is 0 Å². The molecule has 0 N–H and O–H groups in total. The molecule has 0 radical (unpaired) electrons. The third kappa shape index (κ3) is 2.32. The molecule has 1 aliphatic carbocycles. The molecule has 1 unspecified atom stereocenters. The highest BCUT2D eigenvalue weighted by Crippen LogP contribution is 2.57. The van der Waals surface area contributed by atoms with Crippen molar-refractivity contribution in [1.82, 2.24) is 0 Å². The van der Waals surface area contributed by atoms with Crippen LogP contribution in [0, 0.1) is 18.3 Å². The first-order valence-electron chi connectivity index (χ1n) is 7.17. The van der Waals surface area contributed by atoms with Crippen molar-refractivity contribution in [2.24, 2.45) is 11.3 Å². The van der Waals surface area contributed by atoms with Gasteiger partial charge in [0.15, 0.2) is 5.78 Å². The first-order valence-corrected chi connectivity index (χ1v) is 7.17. The van der Waals surface area contributed by atoms with Crippen molar-refractivity contribution in [3.05, 3.63) is 29.3 Å². The van der Waals surface area contributed by atoms with Crippen LogP contribution < -0.4 is 4.74 Å². The Balaban J connectivity index is 1.82. The Bertz CT molecular complexity index is 573. The minimum Gasteiger partial charge on any atom is -0.492 e. The van der Waals surface area contributed by atoms with Crippen molar-refractivity contribution in [3.63, 3.8) is 0 Å². The van der Waals surface area contributed by atoms with Gasteiger partial charge in [-0.1, -0.05) is 12.5 Å². The second-order valence-corrected chi connectivity index (χ2v) is 6.21. The summed E-state index contributed by atoms with van der Waals surface area (Å²) in [6.45, 7) is 1.93. The Kier molecular flexibility index (Phi) is 3.26. The molecule has 1 aromatic rings. The van der Waals surface area contributed by atoms with Crippen molar-refractivity contribution in [2.75, 3.05) is 6.61 Å². The number of aryl methyl sites for hydroxylation is 1. The van der Waals surface area contributed by atoms with Crippen molar-refractivity contribution in [3.8, 4) is 5.75 Å². The van der Waals surface area contributed by atoms with Gasteiger partial charge in [0.2, 0.25) is 0 Å². The minimum absolute atomic E-state index is 0.0487. The fourth-order valence-corrected chi connectivity index (χ4v) is 3.27. The molecule has 114 valence electrons. The zero-order valence-corrected chi connectivity index (χ0v) is 11.8. The second kappa shape index (κ2) is 4.75. The van der Waals surface area contributed by atoms with E-state index >= 15 is 0 Å². The summed E-state index contributed by atoms with van der Waals surface area (Å²) in [4.78, 5) is 12.4. The molecular weight excluding hydrogens is 281 g/mol. The lowest BCUT2D eigenvalue weighted by atomic mass is 9.63. The number of rotatable bonds is 2. The molecule has 21 heavy (non-hydrogen) atoms. The minimum atomic E-state index is -4.24. The van der Waals surface area contributed by atoms with E-state index in [9.17, 15) is 18.0 Å². The lowest BCUT2D eigenvalue weighted by molar-refractivity contribution is -0.256. The van der Waals surface area contributed by atoms with Crippen LogP contribution in [0.15, 0.2) is 18.2 Å². The largest absolute Gasteiger partial charge is 0.492 e. The molecule has 0 spiro atoms. The average Bonchev–Trinajstić information content (AvgIpc) is 2.34. The summed E-state index contributed by atoms with van der Waals surface area (Å²) >= 11 is 0. The monoisotopic (exact) mass is 298 g/mol. The number of carbonyl (C=O) groups excluding carboxylic acids is 1. The van der Waals surface area contributed by atoms with E-state index < -0.39 is 17.5 Å². The highest BCUT2D eigenvalue weighted by molar-refractivity contribution is 6.01.